The van der Waals surface area contributed by atoms with Crippen LogP contribution in [0.25, 0.3) is 0 Å². The van der Waals surface area contributed by atoms with E-state index >= 15 is 0 Å². The molecule has 0 bridgehead atoms. The van der Waals surface area contributed by atoms with Crippen molar-refractivity contribution in [3.63, 3.8) is 0 Å². The summed E-state index contributed by atoms with van der Waals surface area (Å²) < 4.78 is 4.71. The van der Waals surface area contributed by atoms with Gasteiger partial charge in [-0.05, 0) is 36.6 Å². The molecule has 0 amide bonds. The minimum atomic E-state index is -0.330. The van der Waals surface area contributed by atoms with E-state index in [-0.39, 0.29) is 42.5 Å². The largest absolute Gasteiger partial charge is 0.465 e. The average molecular weight is 511 g/mol. The van der Waals surface area contributed by atoms with E-state index in [4.69, 9.17) is 4.74 Å². The molecule has 0 aliphatic carbocycles. The number of hydrogen-bond acceptors (Lipinski definition) is 4. The molecule has 7 heteroatoms. The van der Waals surface area contributed by atoms with Gasteiger partial charge in [-0.15, -0.1) is 24.0 Å². The number of ether oxygens (including phenoxy) is 1. The van der Waals surface area contributed by atoms with Gasteiger partial charge >= 0.3 is 5.97 Å². The Hall–Kier alpha value is -2.13. The molecule has 2 aromatic carbocycles. The fourth-order valence-corrected chi connectivity index (χ4v) is 2.79. The Balaban J connectivity index is 0.00000420. The van der Waals surface area contributed by atoms with E-state index in [0.717, 1.165) is 30.1 Å². The number of hydrogen-bond donors (Lipinski definition) is 3. The minimum Gasteiger partial charge on any atom is -0.465 e. The van der Waals surface area contributed by atoms with E-state index in [1.807, 2.05) is 49.4 Å². The molecule has 0 saturated carbocycles. The number of nitrogens with one attached hydrogen (secondary N) is 2. The third kappa shape index (κ3) is 8.41. The number of methoxy groups -OCH3 is 1. The van der Waals surface area contributed by atoms with Gasteiger partial charge in [0.05, 0.1) is 25.8 Å². The van der Waals surface area contributed by atoms with Gasteiger partial charge in [0.2, 0.25) is 0 Å². The van der Waals surface area contributed by atoms with Crippen molar-refractivity contribution in [1.29, 1.82) is 0 Å². The zero-order valence-electron chi connectivity index (χ0n) is 16.9. The van der Waals surface area contributed by atoms with Crippen molar-refractivity contribution in [2.75, 3.05) is 33.4 Å². The van der Waals surface area contributed by atoms with Gasteiger partial charge in [-0.25, -0.2) is 4.79 Å². The number of nitrogens with zero attached hydrogens (tertiary/aromatic N) is 1. The first-order valence-corrected chi connectivity index (χ1v) is 9.53. The van der Waals surface area contributed by atoms with Gasteiger partial charge in [-0.3, -0.25) is 4.99 Å². The molecule has 0 spiro atoms. The van der Waals surface area contributed by atoms with Gasteiger partial charge in [0.1, 0.15) is 0 Å². The molecule has 0 aliphatic rings. The van der Waals surface area contributed by atoms with Crippen molar-refractivity contribution in [2.45, 2.75) is 19.3 Å². The normalized spacial score (nSPS) is 11.9. The fraction of sp³-hybridized carbons (Fsp3) is 0.364. The second kappa shape index (κ2) is 13.9. The Kier molecular flexibility index (Phi) is 12.0. The zero-order valence-corrected chi connectivity index (χ0v) is 19.3. The lowest BCUT2D eigenvalue weighted by molar-refractivity contribution is 0.0600. The summed E-state index contributed by atoms with van der Waals surface area (Å²) >= 11 is 0. The van der Waals surface area contributed by atoms with Gasteiger partial charge in [-0.1, -0.05) is 42.5 Å². The number of halogens is 1. The van der Waals surface area contributed by atoms with E-state index in [9.17, 15) is 9.90 Å². The fourth-order valence-electron chi connectivity index (χ4n) is 2.79. The van der Waals surface area contributed by atoms with Crippen LogP contribution in [0.2, 0.25) is 0 Å². The first-order valence-electron chi connectivity index (χ1n) is 9.53. The molecule has 0 fully saturated rings. The lowest BCUT2D eigenvalue weighted by atomic mass is 10.0. The van der Waals surface area contributed by atoms with E-state index in [2.05, 4.69) is 15.6 Å². The van der Waals surface area contributed by atoms with Crippen LogP contribution < -0.4 is 10.6 Å². The number of guanidine groups is 1. The maximum Gasteiger partial charge on any atom is 0.337 e. The molecule has 0 aromatic heterocycles. The van der Waals surface area contributed by atoms with Crippen molar-refractivity contribution >= 4 is 35.9 Å². The van der Waals surface area contributed by atoms with Gasteiger partial charge in [0, 0.05) is 19.0 Å². The second-order valence-electron chi connectivity index (χ2n) is 6.38. The van der Waals surface area contributed by atoms with Crippen LogP contribution >= 0.6 is 24.0 Å². The summed E-state index contributed by atoms with van der Waals surface area (Å²) in [5, 5.41) is 16.2. The SMILES string of the molecule is CCNC(=NCC(CO)c1ccccc1)NCCc1ccc(C(=O)OC)cc1.I. The quantitative estimate of drug-likeness (QED) is 0.209. The summed E-state index contributed by atoms with van der Waals surface area (Å²) in [7, 11) is 1.38. The topological polar surface area (TPSA) is 83.0 Å². The molecule has 0 aliphatic heterocycles. The highest BCUT2D eigenvalue weighted by molar-refractivity contribution is 14.0. The summed E-state index contributed by atoms with van der Waals surface area (Å²) in [6, 6.07) is 17.3. The lowest BCUT2D eigenvalue weighted by Gasteiger charge is -2.15. The molecule has 6 nitrogen and oxygen atoms in total. The minimum absolute atomic E-state index is 0. The molecular formula is C22H30IN3O3. The number of aliphatic hydroxyl groups excluding tert-OH is 1. The number of rotatable bonds is 9. The molecule has 2 rings (SSSR count). The first kappa shape index (κ1) is 24.9. The van der Waals surface area contributed by atoms with Crippen LogP contribution in [-0.4, -0.2) is 50.4 Å². The monoisotopic (exact) mass is 511 g/mol. The summed E-state index contributed by atoms with van der Waals surface area (Å²) in [6.45, 7) is 4.04. The number of aliphatic imine (C=N–C) groups is 1. The maximum atomic E-state index is 11.5. The summed E-state index contributed by atoms with van der Waals surface area (Å²) in [6.07, 6.45) is 0.800. The number of aliphatic hydroxyl groups is 1. The molecule has 1 atom stereocenters. The van der Waals surface area contributed by atoms with Crippen LogP contribution in [0, 0.1) is 0 Å². The van der Waals surface area contributed by atoms with Crippen molar-refractivity contribution in [3.8, 4) is 0 Å². The smallest absolute Gasteiger partial charge is 0.337 e. The molecule has 0 radical (unpaired) electrons. The van der Waals surface area contributed by atoms with E-state index < -0.39 is 0 Å². The van der Waals surface area contributed by atoms with E-state index in [1.54, 1.807) is 12.1 Å². The number of carbonyl (C=O) groups excluding carboxylic acids is 1. The lowest BCUT2D eigenvalue weighted by Crippen LogP contribution is -2.38. The predicted octanol–water partition coefficient (Wildman–Crippen LogP) is 2.96. The second-order valence-corrected chi connectivity index (χ2v) is 6.38. The van der Waals surface area contributed by atoms with Gasteiger partial charge < -0.3 is 20.5 Å². The van der Waals surface area contributed by atoms with Crippen LogP contribution in [0.3, 0.4) is 0 Å². The molecule has 158 valence electrons. The number of benzene rings is 2. The van der Waals surface area contributed by atoms with Crippen LogP contribution in [-0.2, 0) is 11.2 Å². The Bertz CT molecular complexity index is 752. The highest BCUT2D eigenvalue weighted by Crippen LogP contribution is 2.14. The van der Waals surface area contributed by atoms with Crippen molar-refractivity contribution in [2.24, 2.45) is 4.99 Å². The van der Waals surface area contributed by atoms with E-state index in [1.165, 1.54) is 7.11 Å². The van der Waals surface area contributed by atoms with Crippen LogP contribution in [0.5, 0.6) is 0 Å². The molecule has 0 saturated heterocycles. The molecule has 3 N–H and O–H groups in total. The van der Waals surface area contributed by atoms with Crippen LogP contribution in [0.4, 0.5) is 0 Å². The predicted molar refractivity (Wildman–Crippen MR) is 127 cm³/mol. The number of carbonyl (C=O) groups is 1. The standard InChI is InChI=1S/C22H29N3O3.HI/c1-3-23-22(25-15-20(16-26)18-7-5-4-6-8-18)24-14-13-17-9-11-19(12-10-17)21(27)28-2;/h4-12,20,26H,3,13-16H2,1-2H3,(H2,23,24,25);1H. The summed E-state index contributed by atoms with van der Waals surface area (Å²) in [5.41, 5.74) is 2.74. The van der Waals surface area contributed by atoms with Gasteiger partial charge in [0.25, 0.3) is 0 Å². The molecule has 1 unspecified atom stereocenters. The first-order chi connectivity index (χ1) is 13.7. The molecule has 29 heavy (non-hydrogen) atoms. The average Bonchev–Trinajstić information content (AvgIpc) is 2.74. The Morgan fingerprint density at radius 1 is 1.10 bits per heavy atom. The highest BCUT2D eigenvalue weighted by Gasteiger charge is 2.10. The molecule has 2 aromatic rings. The summed E-state index contributed by atoms with van der Waals surface area (Å²) in [5.74, 6) is 0.369. The van der Waals surface area contributed by atoms with Gasteiger partial charge in [0.15, 0.2) is 5.96 Å². The van der Waals surface area contributed by atoms with Crippen molar-refractivity contribution in [1.82, 2.24) is 10.6 Å². The van der Waals surface area contributed by atoms with Crippen LogP contribution in [0.15, 0.2) is 59.6 Å². The number of esters is 1. The van der Waals surface area contributed by atoms with Gasteiger partial charge in [-0.2, -0.15) is 0 Å². The highest BCUT2D eigenvalue weighted by atomic mass is 127. The maximum absolute atomic E-state index is 11.5. The zero-order chi connectivity index (χ0) is 20.2. The van der Waals surface area contributed by atoms with Crippen LogP contribution in [0.1, 0.15) is 34.3 Å². The summed E-state index contributed by atoms with van der Waals surface area (Å²) in [4.78, 5) is 16.1. The van der Waals surface area contributed by atoms with E-state index in [0.29, 0.717) is 18.7 Å². The third-order valence-electron chi connectivity index (χ3n) is 4.39. The van der Waals surface area contributed by atoms with Crippen molar-refractivity contribution in [3.05, 3.63) is 71.3 Å². The Morgan fingerprint density at radius 2 is 1.79 bits per heavy atom. The molecular weight excluding hydrogens is 481 g/mol. The Labute approximate surface area is 189 Å². The third-order valence-corrected chi connectivity index (χ3v) is 4.39. The Morgan fingerprint density at radius 3 is 2.38 bits per heavy atom. The molecule has 0 heterocycles. The van der Waals surface area contributed by atoms with Crippen molar-refractivity contribution < 1.29 is 14.6 Å².